The highest BCUT2D eigenvalue weighted by Crippen LogP contribution is 2.33. The first-order valence-electron chi connectivity index (χ1n) is 5.45. The van der Waals surface area contributed by atoms with E-state index >= 15 is 0 Å². The third kappa shape index (κ3) is 3.46. The van der Waals surface area contributed by atoms with Gasteiger partial charge in [-0.1, -0.05) is 6.42 Å². The molecule has 0 aliphatic heterocycles. The van der Waals surface area contributed by atoms with Gasteiger partial charge in [-0.15, -0.1) is 22.9 Å². The molecule has 2 unspecified atom stereocenters. The Morgan fingerprint density at radius 3 is 2.82 bits per heavy atom. The van der Waals surface area contributed by atoms with E-state index < -0.39 is 0 Å². The molecule has 1 aromatic heterocycles. The monoisotopic (exact) mass is 399 g/mol. The van der Waals surface area contributed by atoms with E-state index in [1.54, 1.807) is 0 Å². The Bertz CT molecular complexity index is 404. The fourth-order valence-corrected chi connectivity index (χ4v) is 4.31. The normalized spacial score (nSPS) is 23.9. The van der Waals surface area contributed by atoms with E-state index in [9.17, 15) is 4.79 Å². The minimum absolute atomic E-state index is 0.0165. The number of nitrogens with one attached hydrogen (secondary N) is 1. The molecule has 1 fully saturated rings. The molecule has 2 nitrogen and oxygen atoms in total. The zero-order valence-corrected chi connectivity index (χ0v) is 13.8. The fourth-order valence-electron chi connectivity index (χ4n) is 1.99. The van der Waals surface area contributed by atoms with Crippen molar-refractivity contribution in [1.29, 1.82) is 0 Å². The Kier molecular flexibility index (Phi) is 4.92. The van der Waals surface area contributed by atoms with Crippen LogP contribution in [0.5, 0.6) is 0 Å². The molecule has 1 N–H and O–H groups in total. The van der Waals surface area contributed by atoms with Gasteiger partial charge in [-0.3, -0.25) is 4.79 Å². The quantitative estimate of drug-likeness (QED) is 0.747. The lowest BCUT2D eigenvalue weighted by Crippen LogP contribution is -2.30. The lowest BCUT2D eigenvalue weighted by molar-refractivity contribution is 0.0951. The maximum atomic E-state index is 11.9. The van der Waals surface area contributed by atoms with Crippen LogP contribution >= 0.6 is 54.8 Å². The first-order chi connectivity index (χ1) is 8.08. The summed E-state index contributed by atoms with van der Waals surface area (Å²) in [6, 6.07) is 1.83. The molecule has 1 saturated carbocycles. The Hall–Kier alpha value is 0.420. The van der Waals surface area contributed by atoms with Gasteiger partial charge in [0.05, 0.1) is 8.66 Å². The third-order valence-corrected chi connectivity index (χ3v) is 6.79. The van der Waals surface area contributed by atoms with E-state index in [1.807, 2.05) is 6.07 Å². The minimum atomic E-state index is -0.0165. The van der Waals surface area contributed by atoms with Crippen LogP contribution in [0.3, 0.4) is 0 Å². The molecular weight excluding hydrogens is 389 g/mol. The standard InChI is InChI=1S/C11H12Br2ClNOS/c12-7-4-9(17-10(7)13)11(16)15-5-6-2-1-3-8(6)14/h4,6,8H,1-3,5H2,(H,15,16). The van der Waals surface area contributed by atoms with Crippen molar-refractivity contribution < 1.29 is 4.79 Å². The first kappa shape index (κ1) is 13.8. The van der Waals surface area contributed by atoms with E-state index in [-0.39, 0.29) is 11.3 Å². The van der Waals surface area contributed by atoms with Crippen LogP contribution in [-0.2, 0) is 0 Å². The van der Waals surface area contributed by atoms with Crippen LogP contribution in [0.2, 0.25) is 0 Å². The van der Waals surface area contributed by atoms with Gasteiger partial charge in [-0.05, 0) is 56.7 Å². The summed E-state index contributed by atoms with van der Waals surface area (Å²) in [5.74, 6) is 0.407. The molecule has 1 amide bonds. The van der Waals surface area contributed by atoms with Crippen molar-refractivity contribution >= 4 is 60.7 Å². The largest absolute Gasteiger partial charge is 0.351 e. The molecule has 6 heteroatoms. The molecule has 0 spiro atoms. The average Bonchev–Trinajstić information content (AvgIpc) is 2.83. The van der Waals surface area contributed by atoms with E-state index in [2.05, 4.69) is 37.2 Å². The van der Waals surface area contributed by atoms with Gasteiger partial charge in [0.1, 0.15) is 0 Å². The second-order valence-corrected chi connectivity index (χ2v) is 7.93. The van der Waals surface area contributed by atoms with Crippen molar-refractivity contribution in [2.75, 3.05) is 6.54 Å². The van der Waals surface area contributed by atoms with E-state index in [1.165, 1.54) is 17.8 Å². The van der Waals surface area contributed by atoms with Crippen LogP contribution in [0, 0.1) is 5.92 Å². The summed E-state index contributed by atoms with van der Waals surface area (Å²) < 4.78 is 1.86. The van der Waals surface area contributed by atoms with Gasteiger partial charge < -0.3 is 5.32 Å². The highest BCUT2D eigenvalue weighted by Gasteiger charge is 2.25. The summed E-state index contributed by atoms with van der Waals surface area (Å²) in [5.41, 5.74) is 0. The Morgan fingerprint density at radius 2 is 2.29 bits per heavy atom. The minimum Gasteiger partial charge on any atom is -0.351 e. The molecule has 0 bridgehead atoms. The van der Waals surface area contributed by atoms with Gasteiger partial charge in [0, 0.05) is 16.4 Å². The fraction of sp³-hybridized carbons (Fsp3) is 0.545. The van der Waals surface area contributed by atoms with Gasteiger partial charge in [0.2, 0.25) is 0 Å². The summed E-state index contributed by atoms with van der Waals surface area (Å²) in [6.07, 6.45) is 3.36. The zero-order chi connectivity index (χ0) is 12.4. The van der Waals surface area contributed by atoms with Crippen molar-refractivity contribution in [2.45, 2.75) is 24.6 Å². The molecule has 0 radical (unpaired) electrons. The Labute approximate surface area is 126 Å². The predicted molar refractivity (Wildman–Crippen MR) is 79.0 cm³/mol. The Morgan fingerprint density at radius 1 is 1.53 bits per heavy atom. The lowest BCUT2D eigenvalue weighted by atomic mass is 10.1. The van der Waals surface area contributed by atoms with Crippen LogP contribution in [0.15, 0.2) is 14.3 Å². The maximum Gasteiger partial charge on any atom is 0.261 e. The van der Waals surface area contributed by atoms with Crippen molar-refractivity contribution in [1.82, 2.24) is 5.32 Å². The molecule has 0 saturated heterocycles. The number of halogens is 3. The summed E-state index contributed by atoms with van der Waals surface area (Å²) in [6.45, 7) is 0.681. The molecule has 94 valence electrons. The number of alkyl halides is 1. The topological polar surface area (TPSA) is 29.1 Å². The first-order valence-corrected chi connectivity index (χ1v) is 8.29. The van der Waals surface area contributed by atoms with Crippen LogP contribution < -0.4 is 5.32 Å². The molecular formula is C11H12Br2ClNOS. The van der Waals surface area contributed by atoms with Crippen molar-refractivity contribution in [3.8, 4) is 0 Å². The molecule has 2 atom stereocenters. The number of carbonyl (C=O) groups is 1. The van der Waals surface area contributed by atoms with Gasteiger partial charge in [-0.25, -0.2) is 0 Å². The van der Waals surface area contributed by atoms with E-state index in [0.717, 1.165) is 21.1 Å². The van der Waals surface area contributed by atoms with E-state index in [0.29, 0.717) is 17.3 Å². The van der Waals surface area contributed by atoms with Crippen molar-refractivity contribution in [3.05, 3.63) is 19.2 Å². The second-order valence-electron chi connectivity index (χ2n) is 4.15. The SMILES string of the molecule is O=C(NCC1CCCC1Cl)c1cc(Br)c(Br)s1. The van der Waals surface area contributed by atoms with Gasteiger partial charge in [-0.2, -0.15) is 0 Å². The van der Waals surface area contributed by atoms with Crippen LogP contribution in [0.4, 0.5) is 0 Å². The second kappa shape index (κ2) is 6.04. The van der Waals surface area contributed by atoms with Crippen LogP contribution in [0.1, 0.15) is 28.9 Å². The molecule has 0 aromatic carbocycles. The number of rotatable bonds is 3. The number of thiophene rings is 1. The van der Waals surface area contributed by atoms with Crippen molar-refractivity contribution in [2.24, 2.45) is 5.92 Å². The smallest absolute Gasteiger partial charge is 0.261 e. The maximum absolute atomic E-state index is 11.9. The van der Waals surface area contributed by atoms with Crippen LogP contribution in [-0.4, -0.2) is 17.8 Å². The summed E-state index contributed by atoms with van der Waals surface area (Å²) in [4.78, 5) is 12.6. The molecule has 1 aromatic rings. The summed E-state index contributed by atoms with van der Waals surface area (Å²) >= 11 is 14.4. The van der Waals surface area contributed by atoms with Crippen molar-refractivity contribution in [3.63, 3.8) is 0 Å². The highest BCUT2D eigenvalue weighted by molar-refractivity contribution is 9.13. The number of hydrogen-bond donors (Lipinski definition) is 1. The molecule has 1 aliphatic carbocycles. The van der Waals surface area contributed by atoms with Gasteiger partial charge in [0.25, 0.3) is 5.91 Å². The number of carbonyl (C=O) groups excluding carboxylic acids is 1. The third-order valence-electron chi connectivity index (χ3n) is 2.96. The number of hydrogen-bond acceptors (Lipinski definition) is 2. The summed E-state index contributed by atoms with van der Waals surface area (Å²) in [5, 5.41) is 3.18. The predicted octanol–water partition coefficient (Wildman–Crippen LogP) is 4.41. The van der Waals surface area contributed by atoms with E-state index in [4.69, 9.17) is 11.6 Å². The molecule has 2 rings (SSSR count). The highest BCUT2D eigenvalue weighted by atomic mass is 79.9. The molecule has 1 aliphatic rings. The number of amides is 1. The average molecular weight is 402 g/mol. The summed E-state index contributed by atoms with van der Waals surface area (Å²) in [7, 11) is 0. The Balaban J connectivity index is 1.89. The van der Waals surface area contributed by atoms with Crippen LogP contribution in [0.25, 0.3) is 0 Å². The zero-order valence-electron chi connectivity index (χ0n) is 9.01. The molecule has 1 heterocycles. The molecule has 17 heavy (non-hydrogen) atoms. The van der Waals surface area contributed by atoms with Gasteiger partial charge >= 0.3 is 0 Å². The van der Waals surface area contributed by atoms with Gasteiger partial charge in [0.15, 0.2) is 0 Å². The lowest BCUT2D eigenvalue weighted by Gasteiger charge is -2.13.